The highest BCUT2D eigenvalue weighted by Gasteiger charge is 2.31. The molecule has 1 aromatic rings. The minimum Gasteiger partial charge on any atom is -0.481 e. The molecule has 0 saturated carbocycles. The summed E-state index contributed by atoms with van der Waals surface area (Å²) in [5.41, 5.74) is 1.87. The SMILES string of the molecule is O=C(O)[C@H]1CCCN(C(=O)CN2C(=O)CCc3ccccc32)C1. The molecule has 0 radical (unpaired) electrons. The molecule has 23 heavy (non-hydrogen) atoms. The molecule has 3 rings (SSSR count). The number of likely N-dealkylation sites (tertiary alicyclic amines) is 1. The van der Waals surface area contributed by atoms with Crippen molar-refractivity contribution < 1.29 is 19.5 Å². The van der Waals surface area contributed by atoms with E-state index < -0.39 is 11.9 Å². The van der Waals surface area contributed by atoms with Gasteiger partial charge in [-0.25, -0.2) is 0 Å². The van der Waals surface area contributed by atoms with Crippen molar-refractivity contribution in [2.45, 2.75) is 25.7 Å². The van der Waals surface area contributed by atoms with Gasteiger partial charge in [-0.3, -0.25) is 14.4 Å². The summed E-state index contributed by atoms with van der Waals surface area (Å²) >= 11 is 0. The maximum Gasteiger partial charge on any atom is 0.308 e. The molecule has 1 fully saturated rings. The molecule has 1 saturated heterocycles. The summed E-state index contributed by atoms with van der Waals surface area (Å²) in [4.78, 5) is 39.0. The van der Waals surface area contributed by atoms with Crippen molar-refractivity contribution in [1.82, 2.24) is 4.90 Å². The molecule has 0 aliphatic carbocycles. The maximum absolute atomic E-state index is 12.5. The first-order chi connectivity index (χ1) is 11.1. The molecule has 1 aromatic carbocycles. The van der Waals surface area contributed by atoms with Gasteiger partial charge in [-0.1, -0.05) is 18.2 Å². The zero-order valence-electron chi connectivity index (χ0n) is 12.9. The summed E-state index contributed by atoms with van der Waals surface area (Å²) in [6, 6.07) is 7.61. The lowest BCUT2D eigenvalue weighted by molar-refractivity contribution is -0.145. The second kappa shape index (κ2) is 6.40. The topological polar surface area (TPSA) is 77.9 Å². The standard InChI is InChI=1S/C17H20N2O4/c20-15-8-7-12-4-1-2-6-14(12)19(15)11-16(21)18-9-3-5-13(10-18)17(22)23/h1-2,4,6,13H,3,5,7-11H2,(H,22,23)/t13-/m0/s1. The Hall–Kier alpha value is -2.37. The van der Waals surface area contributed by atoms with Gasteiger partial charge in [-0.15, -0.1) is 0 Å². The molecular formula is C17H20N2O4. The third kappa shape index (κ3) is 3.21. The molecule has 0 bridgehead atoms. The van der Waals surface area contributed by atoms with Crippen LogP contribution in [0.15, 0.2) is 24.3 Å². The number of carbonyl (C=O) groups is 3. The van der Waals surface area contributed by atoms with Gasteiger partial charge in [0.25, 0.3) is 0 Å². The molecule has 2 heterocycles. The summed E-state index contributed by atoms with van der Waals surface area (Å²) in [5.74, 6) is -1.59. The van der Waals surface area contributed by atoms with Crippen molar-refractivity contribution in [2.75, 3.05) is 24.5 Å². The Morgan fingerprint density at radius 2 is 2.00 bits per heavy atom. The van der Waals surface area contributed by atoms with Crippen molar-refractivity contribution in [3.05, 3.63) is 29.8 Å². The number of amides is 2. The van der Waals surface area contributed by atoms with Crippen LogP contribution >= 0.6 is 0 Å². The van der Waals surface area contributed by atoms with E-state index in [4.69, 9.17) is 5.11 Å². The molecule has 6 heteroatoms. The summed E-state index contributed by atoms with van der Waals surface area (Å²) in [6.07, 6.45) is 2.39. The first-order valence-electron chi connectivity index (χ1n) is 7.95. The van der Waals surface area contributed by atoms with E-state index in [1.807, 2.05) is 24.3 Å². The first kappa shape index (κ1) is 15.5. The van der Waals surface area contributed by atoms with Crippen LogP contribution in [0, 0.1) is 5.92 Å². The molecule has 2 aliphatic heterocycles. The summed E-state index contributed by atoms with van der Waals surface area (Å²) in [5, 5.41) is 9.13. The van der Waals surface area contributed by atoms with Gasteiger partial charge >= 0.3 is 5.97 Å². The number of para-hydroxylation sites is 1. The van der Waals surface area contributed by atoms with Crippen LogP contribution in [0.4, 0.5) is 5.69 Å². The highest BCUT2D eigenvalue weighted by Crippen LogP contribution is 2.27. The number of carboxylic acid groups (broad SMARTS) is 1. The normalized spacial score (nSPS) is 21.0. The third-order valence-electron chi connectivity index (χ3n) is 4.61. The number of benzene rings is 1. The van der Waals surface area contributed by atoms with E-state index in [2.05, 4.69) is 0 Å². The van der Waals surface area contributed by atoms with E-state index >= 15 is 0 Å². The smallest absolute Gasteiger partial charge is 0.308 e. The van der Waals surface area contributed by atoms with Crippen LogP contribution in [-0.2, 0) is 20.8 Å². The van der Waals surface area contributed by atoms with Gasteiger partial charge in [-0.05, 0) is 30.9 Å². The monoisotopic (exact) mass is 316 g/mol. The molecule has 2 amide bonds. The fourth-order valence-corrected chi connectivity index (χ4v) is 3.31. The second-order valence-corrected chi connectivity index (χ2v) is 6.13. The molecule has 0 spiro atoms. The maximum atomic E-state index is 12.5. The number of piperidine rings is 1. The number of fused-ring (bicyclic) bond motifs is 1. The average Bonchev–Trinajstić information content (AvgIpc) is 2.57. The van der Waals surface area contributed by atoms with Gasteiger partial charge in [0, 0.05) is 25.2 Å². The number of aryl methyl sites for hydroxylation is 1. The lowest BCUT2D eigenvalue weighted by Gasteiger charge is -2.34. The van der Waals surface area contributed by atoms with E-state index in [1.165, 1.54) is 4.90 Å². The number of carbonyl (C=O) groups excluding carboxylic acids is 2. The highest BCUT2D eigenvalue weighted by molar-refractivity contribution is 6.01. The number of hydrogen-bond donors (Lipinski definition) is 1. The van der Waals surface area contributed by atoms with Gasteiger partial charge in [0.1, 0.15) is 6.54 Å². The fraction of sp³-hybridized carbons (Fsp3) is 0.471. The van der Waals surface area contributed by atoms with Crippen LogP contribution < -0.4 is 4.90 Å². The number of aliphatic carboxylic acids is 1. The Labute approximate surface area is 134 Å². The van der Waals surface area contributed by atoms with Crippen molar-refractivity contribution >= 4 is 23.5 Å². The van der Waals surface area contributed by atoms with Crippen molar-refractivity contribution in [2.24, 2.45) is 5.92 Å². The molecule has 2 aliphatic rings. The quantitative estimate of drug-likeness (QED) is 0.911. The zero-order valence-corrected chi connectivity index (χ0v) is 12.9. The molecule has 1 N–H and O–H groups in total. The van der Waals surface area contributed by atoms with Gasteiger partial charge in [0.2, 0.25) is 11.8 Å². The third-order valence-corrected chi connectivity index (χ3v) is 4.61. The predicted molar refractivity (Wildman–Crippen MR) is 84.1 cm³/mol. The van der Waals surface area contributed by atoms with Crippen LogP contribution in [0.25, 0.3) is 0 Å². The largest absolute Gasteiger partial charge is 0.481 e. The molecule has 0 aromatic heterocycles. The summed E-state index contributed by atoms with van der Waals surface area (Å²) in [7, 11) is 0. The van der Waals surface area contributed by atoms with Gasteiger partial charge < -0.3 is 14.9 Å². The Bertz CT molecular complexity index is 643. The first-order valence-corrected chi connectivity index (χ1v) is 7.95. The van der Waals surface area contributed by atoms with Crippen LogP contribution in [0.3, 0.4) is 0 Å². The highest BCUT2D eigenvalue weighted by atomic mass is 16.4. The van der Waals surface area contributed by atoms with Crippen molar-refractivity contribution in [3.8, 4) is 0 Å². The molecule has 1 atom stereocenters. The van der Waals surface area contributed by atoms with Gasteiger partial charge in [0.05, 0.1) is 5.92 Å². The predicted octanol–water partition coefficient (Wildman–Crippen LogP) is 1.29. The minimum absolute atomic E-state index is 0.0117. The number of rotatable bonds is 3. The van der Waals surface area contributed by atoms with Crippen molar-refractivity contribution in [1.29, 1.82) is 0 Å². The average molecular weight is 316 g/mol. The van der Waals surface area contributed by atoms with Crippen LogP contribution in [0.2, 0.25) is 0 Å². The second-order valence-electron chi connectivity index (χ2n) is 6.13. The molecular weight excluding hydrogens is 296 g/mol. The number of carboxylic acids is 1. The minimum atomic E-state index is -0.859. The van der Waals surface area contributed by atoms with E-state index in [9.17, 15) is 14.4 Å². The lowest BCUT2D eigenvalue weighted by atomic mass is 9.98. The Kier molecular flexibility index (Phi) is 4.32. The van der Waals surface area contributed by atoms with E-state index in [0.717, 1.165) is 11.3 Å². The summed E-state index contributed by atoms with van der Waals surface area (Å²) in [6.45, 7) is 0.784. The summed E-state index contributed by atoms with van der Waals surface area (Å²) < 4.78 is 0. The number of nitrogens with zero attached hydrogens (tertiary/aromatic N) is 2. The zero-order chi connectivity index (χ0) is 16.4. The molecule has 122 valence electrons. The van der Waals surface area contributed by atoms with E-state index in [0.29, 0.717) is 32.2 Å². The Balaban J connectivity index is 1.72. The van der Waals surface area contributed by atoms with Gasteiger partial charge in [0.15, 0.2) is 0 Å². The van der Waals surface area contributed by atoms with Crippen LogP contribution in [0.1, 0.15) is 24.8 Å². The van der Waals surface area contributed by atoms with Crippen LogP contribution in [0.5, 0.6) is 0 Å². The lowest BCUT2D eigenvalue weighted by Crippen LogP contribution is -2.48. The van der Waals surface area contributed by atoms with E-state index in [-0.39, 0.29) is 24.9 Å². The number of hydrogen-bond acceptors (Lipinski definition) is 3. The Morgan fingerprint density at radius 1 is 1.22 bits per heavy atom. The fourth-order valence-electron chi connectivity index (χ4n) is 3.31. The van der Waals surface area contributed by atoms with Crippen LogP contribution in [-0.4, -0.2) is 47.4 Å². The Morgan fingerprint density at radius 3 is 2.78 bits per heavy atom. The number of anilines is 1. The van der Waals surface area contributed by atoms with E-state index in [1.54, 1.807) is 4.90 Å². The van der Waals surface area contributed by atoms with Gasteiger partial charge in [-0.2, -0.15) is 0 Å². The molecule has 0 unspecified atom stereocenters. The molecule has 6 nitrogen and oxygen atoms in total. The van der Waals surface area contributed by atoms with Crippen molar-refractivity contribution in [3.63, 3.8) is 0 Å².